The fourth-order valence-corrected chi connectivity index (χ4v) is 1.62. The van der Waals surface area contributed by atoms with Crippen LogP contribution in [0.5, 0.6) is 0 Å². The fourth-order valence-electron chi connectivity index (χ4n) is 1.52. The van der Waals surface area contributed by atoms with Gasteiger partial charge in [-0.2, -0.15) is 0 Å². The van der Waals surface area contributed by atoms with Crippen molar-refractivity contribution < 1.29 is 9.84 Å². The minimum atomic E-state index is -0.142. The predicted octanol–water partition coefficient (Wildman–Crippen LogP) is 0.327. The van der Waals surface area contributed by atoms with Gasteiger partial charge in [0, 0.05) is 13.1 Å². The lowest BCUT2D eigenvalue weighted by Gasteiger charge is -2.32. The van der Waals surface area contributed by atoms with Crippen LogP contribution in [-0.4, -0.2) is 47.7 Å². The average molecular weight is 230 g/mol. The number of ether oxygens (including phenoxy) is 1. The minimum Gasteiger partial charge on any atom is -0.394 e. The Labute approximate surface area is 92.6 Å². The van der Waals surface area contributed by atoms with Crippen molar-refractivity contribution in [3.8, 4) is 0 Å². The number of nitrogens with zero attached hydrogens (tertiary/aromatic N) is 3. The number of aliphatic hydroxyl groups excluding tert-OH is 1. The fraction of sp³-hybridized carbons (Fsp3) is 0.556. The molecule has 1 aliphatic rings. The summed E-state index contributed by atoms with van der Waals surface area (Å²) < 4.78 is 5.34. The quantitative estimate of drug-likeness (QED) is 0.792. The molecule has 1 aromatic heterocycles. The smallest absolute Gasteiger partial charge is 0.151 e. The van der Waals surface area contributed by atoms with E-state index in [1.807, 2.05) is 11.0 Å². The van der Waals surface area contributed by atoms with Crippen LogP contribution in [0, 0.1) is 0 Å². The van der Waals surface area contributed by atoms with Gasteiger partial charge in [-0.25, -0.2) is 0 Å². The first-order chi connectivity index (χ1) is 7.29. The molecule has 0 spiro atoms. The molecule has 15 heavy (non-hydrogen) atoms. The van der Waals surface area contributed by atoms with Crippen LogP contribution < -0.4 is 4.90 Å². The maximum Gasteiger partial charge on any atom is 0.151 e. The molecule has 0 aliphatic carbocycles. The Bertz CT molecular complexity index is 320. The molecule has 1 fully saturated rings. The predicted molar refractivity (Wildman–Crippen MR) is 56.1 cm³/mol. The number of anilines is 1. The molecule has 0 aromatic carbocycles. The molecule has 1 N–H and O–H groups in total. The first-order valence-electron chi connectivity index (χ1n) is 4.76. The summed E-state index contributed by atoms with van der Waals surface area (Å²) in [6.07, 6.45) is -0.142. The van der Waals surface area contributed by atoms with Crippen LogP contribution in [0.1, 0.15) is 0 Å². The van der Waals surface area contributed by atoms with Crippen molar-refractivity contribution >= 4 is 17.4 Å². The molecule has 1 aromatic rings. The molecule has 1 aliphatic heterocycles. The maximum absolute atomic E-state index is 8.99. The van der Waals surface area contributed by atoms with Crippen molar-refractivity contribution in [1.29, 1.82) is 0 Å². The zero-order chi connectivity index (χ0) is 10.7. The minimum absolute atomic E-state index is 0.0253. The van der Waals surface area contributed by atoms with E-state index in [1.165, 1.54) is 0 Å². The summed E-state index contributed by atoms with van der Waals surface area (Å²) in [7, 11) is 0. The van der Waals surface area contributed by atoms with Crippen molar-refractivity contribution in [3.05, 3.63) is 17.3 Å². The summed E-state index contributed by atoms with van der Waals surface area (Å²) in [5.74, 6) is 0.765. The van der Waals surface area contributed by atoms with Gasteiger partial charge in [-0.3, -0.25) is 0 Å². The van der Waals surface area contributed by atoms with E-state index in [-0.39, 0.29) is 12.7 Å². The molecule has 2 rings (SSSR count). The van der Waals surface area contributed by atoms with Gasteiger partial charge in [0.25, 0.3) is 0 Å². The van der Waals surface area contributed by atoms with Gasteiger partial charge in [-0.1, -0.05) is 11.6 Å². The normalized spacial score (nSPS) is 21.7. The summed E-state index contributed by atoms with van der Waals surface area (Å²) in [5.41, 5.74) is 0. The van der Waals surface area contributed by atoms with Gasteiger partial charge in [0.05, 0.1) is 19.3 Å². The summed E-state index contributed by atoms with van der Waals surface area (Å²) in [4.78, 5) is 2.02. The van der Waals surface area contributed by atoms with Crippen molar-refractivity contribution in [1.82, 2.24) is 10.2 Å². The van der Waals surface area contributed by atoms with E-state index in [0.29, 0.717) is 18.3 Å². The third-order valence-corrected chi connectivity index (χ3v) is 2.49. The molecular weight excluding hydrogens is 218 g/mol. The van der Waals surface area contributed by atoms with Gasteiger partial charge in [0.2, 0.25) is 0 Å². The van der Waals surface area contributed by atoms with Gasteiger partial charge in [0.1, 0.15) is 0 Å². The molecule has 5 nitrogen and oxygen atoms in total. The zero-order valence-electron chi connectivity index (χ0n) is 8.14. The van der Waals surface area contributed by atoms with Crippen molar-refractivity contribution in [2.45, 2.75) is 6.10 Å². The van der Waals surface area contributed by atoms with E-state index < -0.39 is 0 Å². The first kappa shape index (κ1) is 10.6. The summed E-state index contributed by atoms with van der Waals surface area (Å²) in [6, 6.07) is 3.52. The lowest BCUT2D eigenvalue weighted by atomic mass is 10.3. The van der Waals surface area contributed by atoms with Gasteiger partial charge in [0.15, 0.2) is 11.0 Å². The molecule has 82 valence electrons. The first-order valence-corrected chi connectivity index (χ1v) is 5.14. The number of rotatable bonds is 2. The highest BCUT2D eigenvalue weighted by Crippen LogP contribution is 2.15. The molecule has 0 amide bonds. The summed E-state index contributed by atoms with van der Waals surface area (Å²) >= 11 is 5.65. The third kappa shape index (κ3) is 2.56. The van der Waals surface area contributed by atoms with Crippen molar-refractivity contribution in [2.75, 3.05) is 31.2 Å². The number of hydrogen-bond donors (Lipinski definition) is 1. The summed E-state index contributed by atoms with van der Waals surface area (Å²) in [5, 5.41) is 17.1. The van der Waals surface area contributed by atoms with Crippen LogP contribution in [0.25, 0.3) is 0 Å². The van der Waals surface area contributed by atoms with Crippen LogP contribution in [0.4, 0.5) is 5.82 Å². The second-order valence-electron chi connectivity index (χ2n) is 3.34. The largest absolute Gasteiger partial charge is 0.394 e. The molecule has 6 heteroatoms. The van der Waals surface area contributed by atoms with E-state index >= 15 is 0 Å². The van der Waals surface area contributed by atoms with Crippen LogP contribution in [0.15, 0.2) is 12.1 Å². The third-order valence-electron chi connectivity index (χ3n) is 2.28. The Morgan fingerprint density at radius 2 is 2.40 bits per heavy atom. The number of aromatic nitrogens is 2. The molecule has 0 bridgehead atoms. The Morgan fingerprint density at radius 3 is 3.07 bits per heavy atom. The van der Waals surface area contributed by atoms with Crippen LogP contribution in [0.2, 0.25) is 5.15 Å². The second-order valence-corrected chi connectivity index (χ2v) is 3.72. The van der Waals surface area contributed by atoms with E-state index in [9.17, 15) is 0 Å². The van der Waals surface area contributed by atoms with Crippen LogP contribution in [0.3, 0.4) is 0 Å². The van der Waals surface area contributed by atoms with Crippen LogP contribution in [-0.2, 0) is 4.74 Å². The average Bonchev–Trinajstić information content (AvgIpc) is 2.30. The molecule has 1 atom stereocenters. The van der Waals surface area contributed by atoms with Gasteiger partial charge >= 0.3 is 0 Å². The second kappa shape index (κ2) is 4.74. The molecule has 0 saturated carbocycles. The Balaban J connectivity index is 2.06. The summed E-state index contributed by atoms with van der Waals surface area (Å²) in [6.45, 7) is 2.01. The van der Waals surface area contributed by atoms with Crippen molar-refractivity contribution in [3.63, 3.8) is 0 Å². The van der Waals surface area contributed by atoms with Crippen LogP contribution >= 0.6 is 11.6 Å². The van der Waals surface area contributed by atoms with Gasteiger partial charge < -0.3 is 14.7 Å². The molecular formula is C9H12ClN3O2. The lowest BCUT2D eigenvalue weighted by Crippen LogP contribution is -2.44. The van der Waals surface area contributed by atoms with Crippen molar-refractivity contribution in [2.24, 2.45) is 0 Å². The Morgan fingerprint density at radius 1 is 1.53 bits per heavy atom. The number of hydrogen-bond acceptors (Lipinski definition) is 5. The number of morpholine rings is 1. The number of aliphatic hydroxyl groups is 1. The van der Waals surface area contributed by atoms with Gasteiger partial charge in [-0.15, -0.1) is 10.2 Å². The van der Waals surface area contributed by atoms with E-state index in [1.54, 1.807) is 6.07 Å². The molecule has 1 saturated heterocycles. The highest BCUT2D eigenvalue weighted by Gasteiger charge is 2.20. The van der Waals surface area contributed by atoms with E-state index in [4.69, 9.17) is 21.4 Å². The monoisotopic (exact) mass is 229 g/mol. The SMILES string of the molecule is OCC1CN(c2ccc(Cl)nn2)CCO1. The molecule has 2 heterocycles. The zero-order valence-corrected chi connectivity index (χ0v) is 8.89. The lowest BCUT2D eigenvalue weighted by molar-refractivity contribution is 0.00332. The highest BCUT2D eigenvalue weighted by atomic mass is 35.5. The topological polar surface area (TPSA) is 58.5 Å². The molecule has 1 unspecified atom stereocenters. The van der Waals surface area contributed by atoms with Gasteiger partial charge in [-0.05, 0) is 12.1 Å². The van der Waals surface area contributed by atoms with E-state index in [2.05, 4.69) is 10.2 Å². The standard InChI is InChI=1S/C9H12ClN3O2/c10-8-1-2-9(12-11-8)13-3-4-15-7(5-13)6-14/h1-2,7,14H,3-6H2. The maximum atomic E-state index is 8.99. The van der Waals surface area contributed by atoms with E-state index in [0.717, 1.165) is 12.4 Å². The Hall–Kier alpha value is -0.910. The Kier molecular flexibility index (Phi) is 3.35. The number of halogens is 1. The highest BCUT2D eigenvalue weighted by molar-refractivity contribution is 6.29. The molecule has 0 radical (unpaired) electrons.